The maximum absolute atomic E-state index is 9.08. The molecule has 0 aromatic heterocycles. The van der Waals surface area contributed by atoms with Gasteiger partial charge in [0.15, 0.2) is 0 Å². The van der Waals surface area contributed by atoms with Gasteiger partial charge in [-0.2, -0.15) is 5.26 Å². The summed E-state index contributed by atoms with van der Waals surface area (Å²) < 4.78 is 11.1. The molecule has 0 radical (unpaired) electrons. The van der Waals surface area contributed by atoms with E-state index < -0.39 is 0 Å². The zero-order valence-corrected chi connectivity index (χ0v) is 11.5. The van der Waals surface area contributed by atoms with Crippen LogP contribution in [0.2, 0.25) is 0 Å². The molecule has 1 aliphatic rings. The van der Waals surface area contributed by atoms with E-state index in [1.54, 1.807) is 0 Å². The summed E-state index contributed by atoms with van der Waals surface area (Å²) in [5.74, 6) is 0.818. The van der Waals surface area contributed by atoms with Gasteiger partial charge in [-0.15, -0.1) is 0 Å². The van der Waals surface area contributed by atoms with Gasteiger partial charge >= 0.3 is 0 Å². The maximum Gasteiger partial charge on any atom is 0.119 e. The van der Waals surface area contributed by atoms with Gasteiger partial charge in [0.25, 0.3) is 0 Å². The lowest BCUT2D eigenvalue weighted by Crippen LogP contribution is -2.45. The first-order valence-electron chi connectivity index (χ1n) is 6.85. The van der Waals surface area contributed by atoms with Crippen LogP contribution in [0.4, 0.5) is 0 Å². The molecular formula is C15H20N2O3. The molecule has 108 valence electrons. The molecule has 0 saturated carbocycles. The van der Waals surface area contributed by atoms with Gasteiger partial charge in [0.1, 0.15) is 12.4 Å². The van der Waals surface area contributed by atoms with Crippen molar-refractivity contribution in [3.8, 4) is 11.8 Å². The molecule has 2 rings (SSSR count). The number of rotatable bonds is 6. The monoisotopic (exact) mass is 276 g/mol. The zero-order valence-electron chi connectivity index (χ0n) is 11.5. The Hall–Kier alpha value is -1.61. The Labute approximate surface area is 119 Å². The van der Waals surface area contributed by atoms with Gasteiger partial charge in [-0.1, -0.05) is 12.1 Å². The van der Waals surface area contributed by atoms with E-state index in [9.17, 15) is 0 Å². The minimum atomic E-state index is -0.0750. The van der Waals surface area contributed by atoms with Gasteiger partial charge in [-0.25, -0.2) is 0 Å². The highest BCUT2D eigenvalue weighted by atomic mass is 16.5. The van der Waals surface area contributed by atoms with E-state index in [4.69, 9.17) is 19.8 Å². The summed E-state index contributed by atoms with van der Waals surface area (Å²) in [7, 11) is 0. The summed E-state index contributed by atoms with van der Waals surface area (Å²) in [6, 6.07) is 9.73. The third-order valence-electron chi connectivity index (χ3n) is 3.31. The van der Waals surface area contributed by atoms with Crippen molar-refractivity contribution in [3.05, 3.63) is 29.8 Å². The SMILES string of the molecule is N#CCc1ccc(OCCN2CCOC(CO)C2)cc1. The van der Waals surface area contributed by atoms with Crippen LogP contribution in [-0.4, -0.2) is 55.6 Å². The minimum absolute atomic E-state index is 0.0672. The molecular weight excluding hydrogens is 256 g/mol. The number of nitriles is 1. The smallest absolute Gasteiger partial charge is 0.119 e. The van der Waals surface area contributed by atoms with E-state index in [0.29, 0.717) is 19.6 Å². The Morgan fingerprint density at radius 3 is 2.90 bits per heavy atom. The predicted octanol–water partition coefficient (Wildman–Crippen LogP) is 0.825. The highest BCUT2D eigenvalue weighted by Crippen LogP contribution is 2.12. The van der Waals surface area contributed by atoms with Crippen molar-refractivity contribution >= 4 is 0 Å². The van der Waals surface area contributed by atoms with E-state index >= 15 is 0 Å². The highest BCUT2D eigenvalue weighted by Gasteiger charge is 2.19. The highest BCUT2D eigenvalue weighted by molar-refractivity contribution is 5.28. The van der Waals surface area contributed by atoms with Crippen LogP contribution in [0.25, 0.3) is 0 Å². The van der Waals surface area contributed by atoms with Crippen molar-refractivity contribution in [3.63, 3.8) is 0 Å². The fourth-order valence-electron chi connectivity index (χ4n) is 2.18. The van der Waals surface area contributed by atoms with Crippen molar-refractivity contribution in [2.24, 2.45) is 0 Å². The van der Waals surface area contributed by atoms with E-state index in [2.05, 4.69) is 11.0 Å². The molecule has 5 nitrogen and oxygen atoms in total. The average molecular weight is 276 g/mol. The van der Waals surface area contributed by atoms with Crippen LogP contribution in [0.3, 0.4) is 0 Å². The van der Waals surface area contributed by atoms with Crippen molar-refractivity contribution in [1.29, 1.82) is 5.26 Å². The van der Waals surface area contributed by atoms with Gasteiger partial charge in [-0.05, 0) is 17.7 Å². The summed E-state index contributed by atoms with van der Waals surface area (Å²) in [5.41, 5.74) is 0.999. The molecule has 0 amide bonds. The molecule has 5 heteroatoms. The summed E-state index contributed by atoms with van der Waals surface area (Å²) in [6.45, 7) is 3.78. The molecule has 0 bridgehead atoms. The molecule has 1 saturated heterocycles. The molecule has 0 spiro atoms. The van der Waals surface area contributed by atoms with Gasteiger partial charge in [-0.3, -0.25) is 4.90 Å². The lowest BCUT2D eigenvalue weighted by Gasteiger charge is -2.31. The Balaban J connectivity index is 1.71. The number of aliphatic hydroxyl groups is 1. The predicted molar refractivity (Wildman–Crippen MR) is 74.5 cm³/mol. The van der Waals surface area contributed by atoms with Crippen LogP contribution in [0.1, 0.15) is 5.56 Å². The Morgan fingerprint density at radius 2 is 2.20 bits per heavy atom. The molecule has 1 aromatic carbocycles. The number of hydrogen-bond acceptors (Lipinski definition) is 5. The average Bonchev–Trinajstić information content (AvgIpc) is 2.50. The van der Waals surface area contributed by atoms with Crippen LogP contribution >= 0.6 is 0 Å². The second kappa shape index (κ2) is 7.85. The van der Waals surface area contributed by atoms with Crippen LogP contribution in [0.15, 0.2) is 24.3 Å². The third-order valence-corrected chi connectivity index (χ3v) is 3.31. The summed E-state index contributed by atoms with van der Waals surface area (Å²) in [5, 5.41) is 17.7. The summed E-state index contributed by atoms with van der Waals surface area (Å²) in [6.07, 6.45) is 0.352. The molecule has 0 aliphatic carbocycles. The molecule has 1 heterocycles. The molecule has 1 aromatic rings. The Morgan fingerprint density at radius 1 is 1.40 bits per heavy atom. The van der Waals surface area contributed by atoms with E-state index in [0.717, 1.165) is 30.9 Å². The Bertz CT molecular complexity index is 441. The van der Waals surface area contributed by atoms with Crippen LogP contribution in [0.5, 0.6) is 5.75 Å². The second-order valence-electron chi connectivity index (χ2n) is 4.80. The normalized spacial score (nSPS) is 19.5. The minimum Gasteiger partial charge on any atom is -0.492 e. The second-order valence-corrected chi connectivity index (χ2v) is 4.80. The van der Waals surface area contributed by atoms with E-state index in [1.807, 2.05) is 24.3 Å². The van der Waals surface area contributed by atoms with Crippen molar-refractivity contribution in [2.75, 3.05) is 39.5 Å². The number of aliphatic hydroxyl groups excluding tert-OH is 1. The van der Waals surface area contributed by atoms with Crippen LogP contribution in [0, 0.1) is 11.3 Å². The van der Waals surface area contributed by atoms with E-state index in [1.165, 1.54) is 0 Å². The van der Waals surface area contributed by atoms with Gasteiger partial charge in [0.05, 0.1) is 31.8 Å². The molecule has 20 heavy (non-hydrogen) atoms. The van der Waals surface area contributed by atoms with Crippen LogP contribution < -0.4 is 4.74 Å². The zero-order chi connectivity index (χ0) is 14.2. The lowest BCUT2D eigenvalue weighted by atomic mass is 10.2. The third kappa shape index (κ3) is 4.49. The van der Waals surface area contributed by atoms with Crippen molar-refractivity contribution < 1.29 is 14.6 Å². The molecule has 1 fully saturated rings. The number of benzene rings is 1. The van der Waals surface area contributed by atoms with Gasteiger partial charge < -0.3 is 14.6 Å². The first-order chi connectivity index (χ1) is 9.81. The van der Waals surface area contributed by atoms with Crippen molar-refractivity contribution in [1.82, 2.24) is 4.90 Å². The number of nitrogens with zero attached hydrogens (tertiary/aromatic N) is 2. The standard InChI is InChI=1S/C15H20N2O3/c16-6-5-13-1-3-14(4-2-13)19-9-7-17-8-10-20-15(11-17)12-18/h1-4,15,18H,5,7-12H2. The molecule has 1 atom stereocenters. The number of hydrogen-bond donors (Lipinski definition) is 1. The molecule has 1 N–H and O–H groups in total. The first-order valence-corrected chi connectivity index (χ1v) is 6.85. The topological polar surface area (TPSA) is 65.7 Å². The summed E-state index contributed by atoms with van der Waals surface area (Å²) >= 11 is 0. The van der Waals surface area contributed by atoms with Gasteiger partial charge in [0.2, 0.25) is 0 Å². The van der Waals surface area contributed by atoms with Gasteiger partial charge in [0, 0.05) is 19.6 Å². The maximum atomic E-state index is 9.08. The Kier molecular flexibility index (Phi) is 5.81. The quantitative estimate of drug-likeness (QED) is 0.833. The largest absolute Gasteiger partial charge is 0.492 e. The first kappa shape index (κ1) is 14.8. The fourth-order valence-corrected chi connectivity index (χ4v) is 2.18. The fraction of sp³-hybridized carbons (Fsp3) is 0.533. The van der Waals surface area contributed by atoms with Crippen LogP contribution in [-0.2, 0) is 11.2 Å². The lowest BCUT2D eigenvalue weighted by molar-refractivity contribution is -0.0547. The number of morpholine rings is 1. The molecule has 1 unspecified atom stereocenters. The molecule has 1 aliphatic heterocycles. The number of ether oxygens (including phenoxy) is 2. The van der Waals surface area contributed by atoms with E-state index in [-0.39, 0.29) is 12.7 Å². The van der Waals surface area contributed by atoms with Crippen molar-refractivity contribution in [2.45, 2.75) is 12.5 Å². The summed E-state index contributed by atoms with van der Waals surface area (Å²) in [4.78, 5) is 2.23.